The molecule has 1 aliphatic rings. The fourth-order valence-corrected chi connectivity index (χ4v) is 4.00. The molecule has 0 spiro atoms. The first-order valence-electron chi connectivity index (χ1n) is 6.20. The van der Waals surface area contributed by atoms with Crippen LogP contribution in [0.25, 0.3) is 0 Å². The van der Waals surface area contributed by atoms with Crippen LogP contribution >= 0.6 is 11.6 Å². The summed E-state index contributed by atoms with van der Waals surface area (Å²) in [6.07, 6.45) is 1.53. The summed E-state index contributed by atoms with van der Waals surface area (Å²) in [7, 11) is -0.532. The molecule has 0 amide bonds. The van der Waals surface area contributed by atoms with Crippen LogP contribution in [0, 0.1) is 5.82 Å². The molecule has 0 unspecified atom stereocenters. The third-order valence-electron chi connectivity index (χ3n) is 3.68. The summed E-state index contributed by atoms with van der Waals surface area (Å²) in [6.45, 7) is 0.353. The van der Waals surface area contributed by atoms with Gasteiger partial charge in [0.05, 0.1) is 17.9 Å². The number of rotatable bonds is 6. The molecule has 0 heterocycles. The summed E-state index contributed by atoms with van der Waals surface area (Å²) >= 11 is 5.66. The molecular weight excluding hydrogens is 305 g/mol. The Labute approximate surface area is 123 Å². The van der Waals surface area contributed by atoms with Crippen LogP contribution in [-0.2, 0) is 20.5 Å². The third-order valence-corrected chi connectivity index (χ3v) is 5.81. The van der Waals surface area contributed by atoms with E-state index in [4.69, 9.17) is 16.3 Å². The van der Waals surface area contributed by atoms with Gasteiger partial charge in [0.2, 0.25) is 10.0 Å². The van der Waals surface area contributed by atoms with E-state index in [-0.39, 0.29) is 16.3 Å². The predicted octanol–water partition coefficient (Wildman–Crippen LogP) is 2.42. The molecule has 20 heavy (non-hydrogen) atoms. The largest absolute Gasteiger partial charge is 0.383 e. The van der Waals surface area contributed by atoms with Crippen molar-refractivity contribution in [1.82, 2.24) is 4.31 Å². The summed E-state index contributed by atoms with van der Waals surface area (Å²) in [6, 6.07) is 4.00. The molecule has 0 bridgehead atoms. The van der Waals surface area contributed by atoms with Crippen molar-refractivity contribution in [2.75, 3.05) is 20.8 Å². The summed E-state index contributed by atoms with van der Waals surface area (Å²) in [5.74, 6) is -0.983. The molecule has 0 aromatic heterocycles. The fourth-order valence-electron chi connectivity index (χ4n) is 2.19. The number of nitrogens with zero attached hydrogens (tertiary/aromatic N) is 1. The van der Waals surface area contributed by atoms with Crippen molar-refractivity contribution >= 4 is 21.6 Å². The number of hydrogen-bond acceptors (Lipinski definition) is 3. The second-order valence-corrected chi connectivity index (χ2v) is 7.55. The first-order chi connectivity index (χ1) is 9.31. The van der Waals surface area contributed by atoms with Gasteiger partial charge in [-0.05, 0) is 25.0 Å². The maximum Gasteiger partial charge on any atom is 0.218 e. The third kappa shape index (κ3) is 3.14. The predicted molar refractivity (Wildman–Crippen MR) is 75.6 cm³/mol. The maximum absolute atomic E-state index is 13.7. The lowest BCUT2D eigenvalue weighted by Gasteiger charge is -2.26. The van der Waals surface area contributed by atoms with Crippen LogP contribution < -0.4 is 0 Å². The van der Waals surface area contributed by atoms with Crippen LogP contribution in [0.5, 0.6) is 0 Å². The summed E-state index contributed by atoms with van der Waals surface area (Å²) in [4.78, 5) is 0. The number of benzene rings is 1. The van der Waals surface area contributed by atoms with Crippen molar-refractivity contribution in [2.45, 2.75) is 24.1 Å². The van der Waals surface area contributed by atoms with Gasteiger partial charge in [0, 0.05) is 24.7 Å². The van der Waals surface area contributed by atoms with E-state index >= 15 is 0 Å². The van der Waals surface area contributed by atoms with E-state index in [2.05, 4.69) is 0 Å². The van der Waals surface area contributed by atoms with Crippen LogP contribution in [0.1, 0.15) is 18.4 Å². The molecule has 0 aliphatic heterocycles. The highest BCUT2D eigenvalue weighted by atomic mass is 35.5. The normalized spacial score (nSPS) is 17.4. The number of sulfonamides is 1. The van der Waals surface area contributed by atoms with E-state index in [1.165, 1.54) is 23.5 Å². The smallest absolute Gasteiger partial charge is 0.218 e. The molecule has 1 aromatic rings. The van der Waals surface area contributed by atoms with Gasteiger partial charge in [-0.25, -0.2) is 12.8 Å². The number of likely N-dealkylation sites (N-methyl/N-ethyl adjacent to an activating group) is 1. The first-order valence-corrected chi connectivity index (χ1v) is 8.19. The van der Waals surface area contributed by atoms with Crippen molar-refractivity contribution in [1.29, 1.82) is 0 Å². The van der Waals surface area contributed by atoms with Crippen molar-refractivity contribution in [2.24, 2.45) is 0 Å². The summed E-state index contributed by atoms with van der Waals surface area (Å²) in [5.41, 5.74) is -0.342. The number of ether oxygens (including phenoxy) is 1. The highest BCUT2D eigenvalue weighted by Crippen LogP contribution is 2.43. The van der Waals surface area contributed by atoms with Gasteiger partial charge >= 0.3 is 0 Å². The van der Waals surface area contributed by atoms with Gasteiger partial charge in [-0.1, -0.05) is 17.7 Å². The standard InChI is InChI=1S/C13H17ClFNO3S/c1-16(13(5-6-13)9-19-2)20(17,18)8-10-3-4-11(14)7-12(10)15/h3-4,7H,5-6,8-9H2,1-2H3. The van der Waals surface area contributed by atoms with Gasteiger partial charge in [-0.3, -0.25) is 0 Å². The van der Waals surface area contributed by atoms with Gasteiger partial charge in [0.15, 0.2) is 0 Å². The molecule has 2 rings (SSSR count). The van der Waals surface area contributed by atoms with E-state index < -0.39 is 21.4 Å². The zero-order valence-corrected chi connectivity index (χ0v) is 13.0. The molecule has 0 atom stereocenters. The lowest BCUT2D eigenvalue weighted by atomic mass is 10.2. The minimum atomic E-state index is -3.60. The van der Waals surface area contributed by atoms with Crippen LogP contribution in [0.3, 0.4) is 0 Å². The highest BCUT2D eigenvalue weighted by molar-refractivity contribution is 7.88. The Morgan fingerprint density at radius 3 is 2.60 bits per heavy atom. The van der Waals surface area contributed by atoms with Crippen molar-refractivity contribution in [3.05, 3.63) is 34.6 Å². The molecule has 0 N–H and O–H groups in total. The molecule has 0 saturated heterocycles. The Morgan fingerprint density at radius 1 is 1.45 bits per heavy atom. The van der Waals surface area contributed by atoms with E-state index in [0.29, 0.717) is 6.61 Å². The van der Waals surface area contributed by atoms with Gasteiger partial charge in [0.1, 0.15) is 5.82 Å². The first kappa shape index (κ1) is 15.7. The van der Waals surface area contributed by atoms with Gasteiger partial charge in [-0.15, -0.1) is 0 Å². The van der Waals surface area contributed by atoms with Crippen LogP contribution in [-0.4, -0.2) is 39.0 Å². The maximum atomic E-state index is 13.7. The Morgan fingerprint density at radius 2 is 2.10 bits per heavy atom. The topological polar surface area (TPSA) is 46.6 Å². The Hall–Kier alpha value is -0.690. The van der Waals surface area contributed by atoms with Gasteiger partial charge in [-0.2, -0.15) is 4.31 Å². The lowest BCUT2D eigenvalue weighted by molar-refractivity contribution is 0.130. The SMILES string of the molecule is COCC1(N(C)S(=O)(=O)Cc2ccc(Cl)cc2F)CC1. The zero-order chi connectivity index (χ0) is 15.0. The Kier molecular flexibility index (Phi) is 4.39. The van der Waals surface area contributed by atoms with Crippen LogP contribution in [0.2, 0.25) is 5.02 Å². The number of hydrogen-bond donors (Lipinski definition) is 0. The molecule has 0 radical (unpaired) electrons. The Bertz CT molecular complexity index is 602. The van der Waals surface area contributed by atoms with Crippen LogP contribution in [0.4, 0.5) is 4.39 Å². The summed E-state index contributed by atoms with van der Waals surface area (Å²) in [5, 5.41) is 0.245. The van der Waals surface area contributed by atoms with E-state index in [1.807, 2.05) is 0 Å². The molecule has 1 saturated carbocycles. The average Bonchev–Trinajstić information content (AvgIpc) is 3.13. The Balaban J connectivity index is 2.19. The molecule has 1 aromatic carbocycles. The van der Waals surface area contributed by atoms with Crippen molar-refractivity contribution in [3.63, 3.8) is 0 Å². The molecule has 4 nitrogen and oxygen atoms in total. The van der Waals surface area contributed by atoms with Crippen LogP contribution in [0.15, 0.2) is 18.2 Å². The zero-order valence-electron chi connectivity index (χ0n) is 11.4. The van der Waals surface area contributed by atoms with E-state index in [0.717, 1.165) is 18.9 Å². The number of halogens is 2. The molecule has 7 heteroatoms. The summed E-state index contributed by atoms with van der Waals surface area (Å²) < 4.78 is 44.8. The monoisotopic (exact) mass is 321 g/mol. The second kappa shape index (κ2) is 5.60. The molecule has 1 aliphatic carbocycles. The van der Waals surface area contributed by atoms with Crippen molar-refractivity contribution < 1.29 is 17.5 Å². The van der Waals surface area contributed by atoms with Crippen molar-refractivity contribution in [3.8, 4) is 0 Å². The fraction of sp³-hybridized carbons (Fsp3) is 0.538. The lowest BCUT2D eigenvalue weighted by Crippen LogP contribution is -2.42. The van der Waals surface area contributed by atoms with Gasteiger partial charge in [0.25, 0.3) is 0 Å². The highest BCUT2D eigenvalue weighted by Gasteiger charge is 2.51. The van der Waals surface area contributed by atoms with E-state index in [1.54, 1.807) is 7.11 Å². The van der Waals surface area contributed by atoms with E-state index in [9.17, 15) is 12.8 Å². The molecule has 1 fully saturated rings. The second-order valence-electron chi connectivity index (χ2n) is 5.12. The van der Waals surface area contributed by atoms with Gasteiger partial charge < -0.3 is 4.74 Å². The quantitative estimate of drug-likeness (QED) is 0.808. The molecule has 112 valence electrons. The minimum Gasteiger partial charge on any atom is -0.383 e. The minimum absolute atomic E-state index is 0.120. The average molecular weight is 322 g/mol. The molecular formula is C13H17ClFNO3S. The number of methoxy groups -OCH3 is 1.